The summed E-state index contributed by atoms with van der Waals surface area (Å²) in [5, 5.41) is 2.92. The normalized spacial score (nSPS) is 15.3. The number of ether oxygens (including phenoxy) is 1. The summed E-state index contributed by atoms with van der Waals surface area (Å²) in [6, 6.07) is 13.4. The van der Waals surface area contributed by atoms with E-state index in [2.05, 4.69) is 5.32 Å². The van der Waals surface area contributed by atoms with Gasteiger partial charge in [0.05, 0.1) is 12.5 Å². The van der Waals surface area contributed by atoms with Gasteiger partial charge in [-0.25, -0.2) is 4.39 Å². The van der Waals surface area contributed by atoms with Crippen LogP contribution in [-0.2, 0) is 10.2 Å². The molecule has 3 nitrogen and oxygen atoms in total. The average molecular weight is 285 g/mol. The molecule has 0 atom stereocenters. The largest absolute Gasteiger partial charge is 0.497 e. The second-order valence-corrected chi connectivity index (χ2v) is 5.27. The molecule has 0 radical (unpaired) electrons. The Morgan fingerprint density at radius 3 is 2.24 bits per heavy atom. The van der Waals surface area contributed by atoms with E-state index in [0.29, 0.717) is 0 Å². The number of anilines is 1. The van der Waals surface area contributed by atoms with Crippen LogP contribution in [-0.4, -0.2) is 13.0 Å². The molecule has 21 heavy (non-hydrogen) atoms. The lowest BCUT2D eigenvalue weighted by molar-refractivity contribution is -0.118. The second-order valence-electron chi connectivity index (χ2n) is 5.27. The Balaban J connectivity index is 1.76. The first-order valence-electron chi connectivity index (χ1n) is 6.86. The molecule has 1 aliphatic carbocycles. The number of rotatable bonds is 4. The number of carbonyl (C=O) groups excluding carboxylic acids is 1. The first kappa shape index (κ1) is 13.6. The molecule has 2 aromatic rings. The number of halogens is 1. The quantitative estimate of drug-likeness (QED) is 0.933. The Morgan fingerprint density at radius 2 is 1.71 bits per heavy atom. The van der Waals surface area contributed by atoms with Crippen LogP contribution in [0.5, 0.6) is 5.75 Å². The van der Waals surface area contributed by atoms with Crippen LogP contribution in [0.3, 0.4) is 0 Å². The molecule has 1 N–H and O–H groups in total. The number of amides is 1. The van der Waals surface area contributed by atoms with E-state index in [-0.39, 0.29) is 11.7 Å². The summed E-state index contributed by atoms with van der Waals surface area (Å²) in [6.45, 7) is 0. The number of carbonyl (C=O) groups is 1. The summed E-state index contributed by atoms with van der Waals surface area (Å²) in [7, 11) is 1.60. The summed E-state index contributed by atoms with van der Waals surface area (Å²) in [6.07, 6.45) is 1.58. The third-order valence-corrected chi connectivity index (χ3v) is 3.93. The SMILES string of the molecule is COc1ccc(NC(=O)C2(c3ccc(F)cc3)CC2)cc1. The molecule has 1 amide bonds. The summed E-state index contributed by atoms with van der Waals surface area (Å²) < 4.78 is 18.1. The zero-order chi connectivity index (χ0) is 14.9. The smallest absolute Gasteiger partial charge is 0.235 e. The van der Waals surface area contributed by atoms with Crippen LogP contribution in [0, 0.1) is 5.82 Å². The van der Waals surface area contributed by atoms with Crippen molar-refractivity contribution in [3.8, 4) is 5.75 Å². The predicted molar refractivity (Wildman–Crippen MR) is 78.9 cm³/mol. The van der Waals surface area contributed by atoms with E-state index in [9.17, 15) is 9.18 Å². The van der Waals surface area contributed by atoms with Crippen LogP contribution in [0.4, 0.5) is 10.1 Å². The Morgan fingerprint density at radius 1 is 1.10 bits per heavy atom. The van der Waals surface area contributed by atoms with Gasteiger partial charge in [-0.3, -0.25) is 4.79 Å². The van der Waals surface area contributed by atoms with Crippen molar-refractivity contribution in [1.82, 2.24) is 0 Å². The summed E-state index contributed by atoms with van der Waals surface area (Å²) in [5.41, 5.74) is 1.09. The van der Waals surface area contributed by atoms with Gasteiger partial charge in [-0.05, 0) is 54.8 Å². The molecule has 0 spiro atoms. The van der Waals surface area contributed by atoms with Gasteiger partial charge in [-0.1, -0.05) is 12.1 Å². The van der Waals surface area contributed by atoms with Crippen molar-refractivity contribution < 1.29 is 13.9 Å². The summed E-state index contributed by atoms with van der Waals surface area (Å²) in [5.74, 6) is 0.414. The van der Waals surface area contributed by atoms with Crippen LogP contribution < -0.4 is 10.1 Å². The van der Waals surface area contributed by atoms with Crippen molar-refractivity contribution in [2.75, 3.05) is 12.4 Å². The number of methoxy groups -OCH3 is 1. The summed E-state index contributed by atoms with van der Waals surface area (Å²) in [4.78, 5) is 12.5. The highest BCUT2D eigenvalue weighted by molar-refractivity contribution is 6.01. The molecule has 0 aromatic heterocycles. The first-order chi connectivity index (χ1) is 10.1. The molecule has 2 aromatic carbocycles. The monoisotopic (exact) mass is 285 g/mol. The standard InChI is InChI=1S/C17H16FNO2/c1-21-15-8-6-14(7-9-15)19-16(20)17(10-11-17)12-2-4-13(18)5-3-12/h2-9H,10-11H2,1H3,(H,19,20). The van der Waals surface area contributed by atoms with E-state index in [0.717, 1.165) is 29.8 Å². The highest BCUT2D eigenvalue weighted by Gasteiger charge is 2.51. The second kappa shape index (κ2) is 5.20. The molecule has 0 bridgehead atoms. The van der Waals surface area contributed by atoms with Gasteiger partial charge in [0.25, 0.3) is 0 Å². The molecule has 3 rings (SSSR count). The number of benzene rings is 2. The van der Waals surface area contributed by atoms with Gasteiger partial charge in [0.1, 0.15) is 11.6 Å². The zero-order valence-corrected chi connectivity index (χ0v) is 11.7. The molecule has 1 fully saturated rings. The molecule has 0 heterocycles. The number of hydrogen-bond acceptors (Lipinski definition) is 2. The predicted octanol–water partition coefficient (Wildman–Crippen LogP) is 3.50. The fourth-order valence-corrected chi connectivity index (χ4v) is 2.47. The average Bonchev–Trinajstić information content (AvgIpc) is 3.30. The van der Waals surface area contributed by atoms with Gasteiger partial charge < -0.3 is 10.1 Å². The fourth-order valence-electron chi connectivity index (χ4n) is 2.47. The van der Waals surface area contributed by atoms with Gasteiger partial charge >= 0.3 is 0 Å². The topological polar surface area (TPSA) is 38.3 Å². The van der Waals surface area contributed by atoms with Crippen molar-refractivity contribution in [3.63, 3.8) is 0 Å². The maximum Gasteiger partial charge on any atom is 0.235 e. The lowest BCUT2D eigenvalue weighted by Crippen LogP contribution is -2.27. The van der Waals surface area contributed by atoms with E-state index in [4.69, 9.17) is 4.74 Å². The fraction of sp³-hybridized carbons (Fsp3) is 0.235. The lowest BCUT2D eigenvalue weighted by atomic mass is 9.95. The van der Waals surface area contributed by atoms with Crippen LogP contribution >= 0.6 is 0 Å². The van der Waals surface area contributed by atoms with Gasteiger partial charge in [-0.2, -0.15) is 0 Å². The highest BCUT2D eigenvalue weighted by atomic mass is 19.1. The number of hydrogen-bond donors (Lipinski definition) is 1. The minimum absolute atomic E-state index is 0.0423. The zero-order valence-electron chi connectivity index (χ0n) is 11.7. The highest BCUT2D eigenvalue weighted by Crippen LogP contribution is 2.49. The van der Waals surface area contributed by atoms with Gasteiger partial charge in [-0.15, -0.1) is 0 Å². The molecule has 0 saturated heterocycles. The molecular formula is C17H16FNO2. The molecular weight excluding hydrogens is 269 g/mol. The van der Waals surface area contributed by atoms with Crippen LogP contribution in [0.25, 0.3) is 0 Å². The Labute approximate surface area is 122 Å². The van der Waals surface area contributed by atoms with Crippen molar-refractivity contribution in [3.05, 3.63) is 59.9 Å². The van der Waals surface area contributed by atoms with E-state index in [1.807, 2.05) is 0 Å². The van der Waals surface area contributed by atoms with Gasteiger partial charge in [0.15, 0.2) is 0 Å². The maximum absolute atomic E-state index is 13.0. The molecule has 0 aliphatic heterocycles. The molecule has 108 valence electrons. The van der Waals surface area contributed by atoms with E-state index in [1.165, 1.54) is 12.1 Å². The maximum atomic E-state index is 13.0. The Kier molecular flexibility index (Phi) is 3.37. The summed E-state index contributed by atoms with van der Waals surface area (Å²) >= 11 is 0. The number of nitrogens with one attached hydrogen (secondary N) is 1. The molecule has 4 heteroatoms. The van der Waals surface area contributed by atoms with E-state index in [1.54, 1.807) is 43.5 Å². The molecule has 0 unspecified atom stereocenters. The molecule has 1 aliphatic rings. The Bertz CT molecular complexity index is 645. The Hall–Kier alpha value is -2.36. The lowest BCUT2D eigenvalue weighted by Gasteiger charge is -2.16. The third kappa shape index (κ3) is 2.61. The van der Waals surface area contributed by atoms with Crippen molar-refractivity contribution >= 4 is 11.6 Å². The van der Waals surface area contributed by atoms with Crippen molar-refractivity contribution in [1.29, 1.82) is 0 Å². The van der Waals surface area contributed by atoms with Gasteiger partial charge in [0, 0.05) is 5.69 Å². The first-order valence-corrected chi connectivity index (χ1v) is 6.86. The van der Waals surface area contributed by atoms with Crippen LogP contribution in [0.2, 0.25) is 0 Å². The minimum Gasteiger partial charge on any atom is -0.497 e. The third-order valence-electron chi connectivity index (χ3n) is 3.93. The van der Waals surface area contributed by atoms with Crippen LogP contribution in [0.1, 0.15) is 18.4 Å². The van der Waals surface area contributed by atoms with Crippen LogP contribution in [0.15, 0.2) is 48.5 Å². The van der Waals surface area contributed by atoms with E-state index >= 15 is 0 Å². The molecule has 1 saturated carbocycles. The van der Waals surface area contributed by atoms with Crippen molar-refractivity contribution in [2.45, 2.75) is 18.3 Å². The van der Waals surface area contributed by atoms with Crippen molar-refractivity contribution in [2.24, 2.45) is 0 Å². The van der Waals surface area contributed by atoms with E-state index < -0.39 is 5.41 Å². The minimum atomic E-state index is -0.506. The van der Waals surface area contributed by atoms with Gasteiger partial charge in [0.2, 0.25) is 5.91 Å².